The number of carbonyl (C=O) groups is 3. The minimum absolute atomic E-state index is 0.0193. The molecule has 0 aliphatic rings. The minimum atomic E-state index is -0.645. The number of aromatic nitrogens is 3. The van der Waals surface area contributed by atoms with E-state index in [4.69, 9.17) is 14.2 Å². The van der Waals surface area contributed by atoms with Crippen molar-refractivity contribution in [1.29, 1.82) is 0 Å². The molecular weight excluding hydrogens is 508 g/mol. The van der Waals surface area contributed by atoms with Crippen LogP contribution in [-0.4, -0.2) is 52.6 Å². The molecule has 1 N–H and O–H groups in total. The number of esters is 2. The van der Waals surface area contributed by atoms with Gasteiger partial charge in [-0.05, 0) is 48.2 Å². The first-order valence-corrected chi connectivity index (χ1v) is 12.8. The van der Waals surface area contributed by atoms with E-state index in [-0.39, 0.29) is 40.0 Å². The smallest absolute Gasteiger partial charge is 0.337 e. The fourth-order valence-corrected chi connectivity index (χ4v) is 4.31. The highest BCUT2D eigenvalue weighted by Gasteiger charge is 2.20. The van der Waals surface area contributed by atoms with E-state index in [9.17, 15) is 14.4 Å². The Morgan fingerprint density at radius 3 is 2.08 bits per heavy atom. The molecule has 38 heavy (non-hydrogen) atoms. The summed E-state index contributed by atoms with van der Waals surface area (Å²) in [5.41, 5.74) is 1.75. The summed E-state index contributed by atoms with van der Waals surface area (Å²) in [7, 11) is 4.26. The van der Waals surface area contributed by atoms with Crippen LogP contribution in [0, 0.1) is 0 Å². The summed E-state index contributed by atoms with van der Waals surface area (Å²) in [6.45, 7) is 8.35. The summed E-state index contributed by atoms with van der Waals surface area (Å²) < 4.78 is 17.3. The quantitative estimate of drug-likeness (QED) is 0.307. The number of hydrogen-bond donors (Lipinski definition) is 1. The molecule has 1 heterocycles. The third-order valence-corrected chi connectivity index (χ3v) is 6.68. The topological polar surface area (TPSA) is 122 Å². The molecule has 1 aromatic heterocycles. The Kier molecular flexibility index (Phi) is 9.16. The van der Waals surface area contributed by atoms with Crippen LogP contribution in [0.3, 0.4) is 0 Å². The van der Waals surface area contributed by atoms with Crippen LogP contribution in [0.2, 0.25) is 0 Å². The van der Waals surface area contributed by atoms with Gasteiger partial charge in [-0.1, -0.05) is 44.7 Å². The van der Waals surface area contributed by atoms with E-state index in [1.54, 1.807) is 11.6 Å². The van der Waals surface area contributed by atoms with Crippen LogP contribution in [0.25, 0.3) is 0 Å². The van der Waals surface area contributed by atoms with E-state index in [1.807, 2.05) is 31.2 Å². The molecule has 11 heteroatoms. The zero-order valence-electron chi connectivity index (χ0n) is 22.5. The molecule has 1 amide bonds. The molecular formula is C27H32N4O6S. The molecule has 0 fully saturated rings. The van der Waals surface area contributed by atoms with E-state index in [0.29, 0.717) is 11.0 Å². The number of methoxy groups -OCH3 is 2. The van der Waals surface area contributed by atoms with Crippen LogP contribution in [0.15, 0.2) is 47.6 Å². The van der Waals surface area contributed by atoms with Crippen molar-refractivity contribution in [2.45, 2.75) is 44.4 Å². The van der Waals surface area contributed by atoms with Gasteiger partial charge < -0.3 is 24.1 Å². The van der Waals surface area contributed by atoms with E-state index in [1.165, 1.54) is 49.7 Å². The zero-order chi connectivity index (χ0) is 28.0. The predicted octanol–water partition coefficient (Wildman–Crippen LogP) is 4.56. The van der Waals surface area contributed by atoms with Crippen molar-refractivity contribution in [2.75, 3.05) is 25.3 Å². The van der Waals surface area contributed by atoms with Crippen molar-refractivity contribution in [3.05, 3.63) is 65.0 Å². The molecule has 10 nitrogen and oxygen atoms in total. The molecule has 0 bridgehead atoms. The predicted molar refractivity (Wildman–Crippen MR) is 144 cm³/mol. The molecule has 202 valence electrons. The van der Waals surface area contributed by atoms with Crippen LogP contribution in [0.1, 0.15) is 65.9 Å². The second-order valence-electron chi connectivity index (χ2n) is 9.55. The van der Waals surface area contributed by atoms with Gasteiger partial charge in [-0.3, -0.25) is 4.79 Å². The van der Waals surface area contributed by atoms with Gasteiger partial charge in [-0.2, -0.15) is 0 Å². The third kappa shape index (κ3) is 7.12. The van der Waals surface area contributed by atoms with E-state index < -0.39 is 11.9 Å². The molecule has 3 rings (SSSR count). The molecule has 0 radical (unpaired) electrons. The Morgan fingerprint density at radius 1 is 0.974 bits per heavy atom. The maximum absolute atomic E-state index is 12.6. The first-order valence-electron chi connectivity index (χ1n) is 11.8. The highest BCUT2D eigenvalue weighted by Crippen LogP contribution is 2.27. The minimum Gasteiger partial charge on any atom is -0.483 e. The molecule has 0 aliphatic heterocycles. The first kappa shape index (κ1) is 28.7. The number of nitrogens with one attached hydrogen (secondary N) is 1. The van der Waals surface area contributed by atoms with E-state index in [2.05, 4.69) is 36.3 Å². The van der Waals surface area contributed by atoms with Crippen LogP contribution in [0.5, 0.6) is 5.75 Å². The number of carbonyl (C=O) groups excluding carboxylic acids is 3. The number of rotatable bonds is 9. The molecule has 0 saturated carbocycles. The van der Waals surface area contributed by atoms with Crippen molar-refractivity contribution < 1.29 is 28.6 Å². The maximum atomic E-state index is 12.6. The molecule has 1 atom stereocenters. The summed E-state index contributed by atoms with van der Waals surface area (Å²) in [5.74, 6) is -0.294. The van der Waals surface area contributed by atoms with Gasteiger partial charge >= 0.3 is 11.9 Å². The van der Waals surface area contributed by atoms with Gasteiger partial charge in [0.2, 0.25) is 5.91 Å². The monoisotopic (exact) mass is 540 g/mol. The Bertz CT molecular complexity index is 1280. The third-order valence-electron chi connectivity index (χ3n) is 5.66. The summed E-state index contributed by atoms with van der Waals surface area (Å²) in [6, 6.07) is 12.2. The summed E-state index contributed by atoms with van der Waals surface area (Å²) in [6.07, 6.45) is -0.367. The van der Waals surface area contributed by atoms with Crippen LogP contribution >= 0.6 is 11.8 Å². The van der Waals surface area contributed by atoms with Crippen LogP contribution < -0.4 is 10.1 Å². The number of anilines is 1. The van der Waals surface area contributed by atoms with Crippen molar-refractivity contribution in [3.8, 4) is 5.75 Å². The Balaban J connectivity index is 1.64. The van der Waals surface area contributed by atoms with Crippen LogP contribution in [0.4, 0.5) is 5.69 Å². The number of benzene rings is 2. The highest BCUT2D eigenvalue weighted by atomic mass is 32.2. The summed E-state index contributed by atoms with van der Waals surface area (Å²) >= 11 is 1.19. The van der Waals surface area contributed by atoms with Crippen molar-refractivity contribution in [3.63, 3.8) is 0 Å². The number of nitrogens with zero attached hydrogens (tertiary/aromatic N) is 3. The lowest BCUT2D eigenvalue weighted by Crippen LogP contribution is -2.16. The van der Waals surface area contributed by atoms with Gasteiger partial charge in [-0.25, -0.2) is 9.59 Å². The summed E-state index contributed by atoms with van der Waals surface area (Å²) in [5, 5.41) is 11.7. The lowest BCUT2D eigenvalue weighted by molar-refractivity contribution is -0.113. The highest BCUT2D eigenvalue weighted by molar-refractivity contribution is 7.99. The van der Waals surface area contributed by atoms with Crippen molar-refractivity contribution in [2.24, 2.45) is 7.05 Å². The molecule has 0 spiro atoms. The van der Waals surface area contributed by atoms with Gasteiger partial charge in [0.1, 0.15) is 5.75 Å². The maximum Gasteiger partial charge on any atom is 0.337 e. The second kappa shape index (κ2) is 12.1. The Hall–Kier alpha value is -3.86. The van der Waals surface area contributed by atoms with Crippen molar-refractivity contribution >= 4 is 35.3 Å². The SMILES string of the molecule is COC(=O)c1cc(NC(=O)CSc2nnc(C(C)Oc3ccc(C(C)(C)C)cc3)n2C)cc(C(=O)OC)c1. The van der Waals surface area contributed by atoms with Gasteiger partial charge in [0.15, 0.2) is 17.1 Å². The van der Waals surface area contributed by atoms with Crippen LogP contribution in [-0.2, 0) is 26.7 Å². The van der Waals surface area contributed by atoms with Gasteiger partial charge in [0.25, 0.3) is 0 Å². The average Bonchev–Trinajstić information content (AvgIpc) is 3.26. The second-order valence-corrected chi connectivity index (χ2v) is 10.5. The van der Waals surface area contributed by atoms with Gasteiger partial charge in [0.05, 0.1) is 31.1 Å². The number of ether oxygens (including phenoxy) is 3. The number of hydrogen-bond acceptors (Lipinski definition) is 9. The average molecular weight is 541 g/mol. The zero-order valence-corrected chi connectivity index (χ0v) is 23.3. The Labute approximate surface area is 226 Å². The number of amides is 1. The molecule has 0 saturated heterocycles. The lowest BCUT2D eigenvalue weighted by atomic mass is 9.87. The Morgan fingerprint density at radius 2 is 1.55 bits per heavy atom. The lowest BCUT2D eigenvalue weighted by Gasteiger charge is -2.20. The molecule has 1 unspecified atom stereocenters. The molecule has 0 aliphatic carbocycles. The molecule has 3 aromatic rings. The van der Waals surface area contributed by atoms with Gasteiger partial charge in [-0.15, -0.1) is 10.2 Å². The van der Waals surface area contributed by atoms with E-state index in [0.717, 1.165) is 5.75 Å². The van der Waals surface area contributed by atoms with Crippen molar-refractivity contribution in [1.82, 2.24) is 14.8 Å². The fourth-order valence-electron chi connectivity index (χ4n) is 3.59. The first-order chi connectivity index (χ1) is 17.9. The molecule has 2 aromatic carbocycles. The summed E-state index contributed by atoms with van der Waals surface area (Å²) in [4.78, 5) is 36.6. The normalized spacial score (nSPS) is 12.0. The van der Waals surface area contributed by atoms with E-state index >= 15 is 0 Å². The fraction of sp³-hybridized carbons (Fsp3) is 0.370. The largest absolute Gasteiger partial charge is 0.483 e. The number of thioether (sulfide) groups is 1. The standard InChI is InChI=1S/C27H32N4O6S/c1-16(37-21-10-8-19(9-11-21)27(2,3)4)23-29-30-26(31(23)5)38-15-22(32)28-20-13-17(24(33)35-6)12-18(14-20)25(34)36-7/h8-14,16H,15H2,1-7H3,(H,28,32). The van der Waals surface area contributed by atoms with Gasteiger partial charge in [0, 0.05) is 12.7 Å².